The summed E-state index contributed by atoms with van der Waals surface area (Å²) in [6, 6.07) is 10.6. The zero-order chi connectivity index (χ0) is 21.2. The summed E-state index contributed by atoms with van der Waals surface area (Å²) < 4.78 is 0. The largest absolute Gasteiger partial charge is 0.667 e. The molecule has 1 radical (unpaired) electrons. The molecule has 1 aromatic carbocycles. The van der Waals surface area contributed by atoms with Crippen LogP contribution in [0, 0.1) is 35.2 Å². The van der Waals surface area contributed by atoms with E-state index >= 15 is 0 Å². The van der Waals surface area contributed by atoms with Crippen molar-refractivity contribution in [2.75, 3.05) is 0 Å². The fourth-order valence-electron chi connectivity index (χ4n) is 5.97. The Morgan fingerprint density at radius 1 is 1.07 bits per heavy atom. The number of carbonyl (C=O) groups excluding carboxylic acids is 1. The summed E-state index contributed by atoms with van der Waals surface area (Å²) in [7, 11) is 0.511. The van der Waals surface area contributed by atoms with E-state index in [-0.39, 0.29) is 37.2 Å². The Hall–Kier alpha value is -0.743. The molecule has 161 valence electrons. The summed E-state index contributed by atoms with van der Waals surface area (Å²) in [6.45, 7) is 10.9. The SMILES string of the molecule is CC1=[C-]C(C)C(C)=C1C.C[SiH]c1ccccc1.[Hf].[NH-]C(=O)C12CC3CC(CC1C3)C2. The molecule has 4 saturated carbocycles. The Bertz CT molecular complexity index is 787. The van der Waals surface area contributed by atoms with Crippen molar-refractivity contribution < 1.29 is 30.6 Å². The molecule has 4 fully saturated rings. The van der Waals surface area contributed by atoms with Gasteiger partial charge in [0.15, 0.2) is 0 Å². The minimum atomic E-state index is -0.253. The Labute approximate surface area is 204 Å². The summed E-state index contributed by atoms with van der Waals surface area (Å²) >= 11 is 0. The summed E-state index contributed by atoms with van der Waals surface area (Å²) in [4.78, 5) is 11.3. The number of benzene rings is 1. The fourth-order valence-corrected chi connectivity index (χ4v) is 6.58. The molecule has 5 aliphatic rings. The van der Waals surface area contributed by atoms with E-state index in [0.29, 0.717) is 21.4 Å². The number of hydrogen-bond donors (Lipinski definition) is 0. The average Bonchev–Trinajstić information content (AvgIpc) is 3.22. The Morgan fingerprint density at radius 3 is 1.93 bits per heavy atom. The van der Waals surface area contributed by atoms with Crippen LogP contribution in [0.2, 0.25) is 6.55 Å². The summed E-state index contributed by atoms with van der Waals surface area (Å²) in [5.41, 5.74) is 11.5. The topological polar surface area (TPSA) is 40.9 Å². The van der Waals surface area contributed by atoms with Gasteiger partial charge in [0, 0.05) is 31.3 Å². The van der Waals surface area contributed by atoms with Crippen LogP contribution >= 0.6 is 0 Å². The molecule has 1 amide bonds. The van der Waals surface area contributed by atoms with E-state index in [4.69, 9.17) is 5.73 Å². The molecule has 1 N–H and O–H groups in total. The van der Waals surface area contributed by atoms with Crippen LogP contribution in [0.15, 0.2) is 47.1 Å². The molecule has 30 heavy (non-hydrogen) atoms. The molecule has 2 nitrogen and oxygen atoms in total. The second kappa shape index (κ2) is 10.7. The molecular formula is C26H36HfNOSi-2. The van der Waals surface area contributed by atoms with Gasteiger partial charge in [0.2, 0.25) is 0 Å². The van der Waals surface area contributed by atoms with Crippen LogP contribution in [0.5, 0.6) is 0 Å². The van der Waals surface area contributed by atoms with Crippen molar-refractivity contribution in [1.29, 1.82) is 0 Å². The molecule has 6 rings (SSSR count). The van der Waals surface area contributed by atoms with Gasteiger partial charge in [-0.15, -0.1) is 6.92 Å². The van der Waals surface area contributed by atoms with Crippen LogP contribution in [-0.4, -0.2) is 15.4 Å². The maximum atomic E-state index is 11.3. The summed E-state index contributed by atoms with van der Waals surface area (Å²) in [5.74, 6) is 2.52. The quantitative estimate of drug-likeness (QED) is 0.315. The summed E-state index contributed by atoms with van der Waals surface area (Å²) in [6.07, 6.45) is 9.32. The molecule has 4 heteroatoms. The molecule has 0 aromatic heterocycles. The van der Waals surface area contributed by atoms with Crippen molar-refractivity contribution in [3.05, 3.63) is 58.9 Å². The number of nitrogens with one attached hydrogen (secondary N) is 1. The number of amides is 1. The monoisotopic (exact) mass is 586 g/mol. The Balaban J connectivity index is 0.000000162. The van der Waals surface area contributed by atoms with Gasteiger partial charge in [0.1, 0.15) is 0 Å². The molecule has 0 aliphatic heterocycles. The third kappa shape index (κ3) is 5.35. The van der Waals surface area contributed by atoms with Crippen LogP contribution in [0.25, 0.3) is 5.73 Å². The number of hydrogen-bond acceptors (Lipinski definition) is 1. The van der Waals surface area contributed by atoms with E-state index in [1.165, 1.54) is 41.2 Å². The molecular weight excluding hydrogens is 549 g/mol. The number of rotatable bonds is 2. The first-order valence-electron chi connectivity index (χ1n) is 11.1. The Morgan fingerprint density at radius 2 is 1.63 bits per heavy atom. The second-order valence-electron chi connectivity index (χ2n) is 9.53. The first-order valence-corrected chi connectivity index (χ1v) is 12.9. The average molecular weight is 585 g/mol. The van der Waals surface area contributed by atoms with Gasteiger partial charge in [-0.25, -0.2) is 5.57 Å². The Kier molecular flexibility index (Phi) is 9.12. The van der Waals surface area contributed by atoms with Gasteiger partial charge < -0.3 is 10.5 Å². The van der Waals surface area contributed by atoms with Gasteiger partial charge in [-0.3, -0.25) is 6.08 Å². The van der Waals surface area contributed by atoms with Gasteiger partial charge >= 0.3 is 0 Å². The van der Waals surface area contributed by atoms with E-state index in [1.807, 2.05) is 0 Å². The molecule has 5 aliphatic carbocycles. The van der Waals surface area contributed by atoms with E-state index in [2.05, 4.69) is 70.6 Å². The predicted octanol–water partition coefficient (Wildman–Crippen LogP) is 5.91. The zero-order valence-corrected chi connectivity index (χ0v) is 24.0. The van der Waals surface area contributed by atoms with Gasteiger partial charge in [0.05, 0.1) is 15.4 Å². The van der Waals surface area contributed by atoms with Gasteiger partial charge in [-0.05, 0) is 49.9 Å². The predicted molar refractivity (Wildman–Crippen MR) is 124 cm³/mol. The van der Waals surface area contributed by atoms with Crippen molar-refractivity contribution in [2.45, 2.75) is 66.3 Å². The van der Waals surface area contributed by atoms with Crippen molar-refractivity contribution >= 4 is 20.6 Å². The molecule has 0 spiro atoms. The maximum absolute atomic E-state index is 11.3. The van der Waals surface area contributed by atoms with Gasteiger partial charge in [-0.2, -0.15) is 11.1 Å². The van der Waals surface area contributed by atoms with Gasteiger partial charge in [0.25, 0.3) is 0 Å². The van der Waals surface area contributed by atoms with E-state index in [9.17, 15) is 4.79 Å². The van der Waals surface area contributed by atoms with Crippen molar-refractivity contribution in [1.82, 2.24) is 0 Å². The first kappa shape index (κ1) is 25.5. The van der Waals surface area contributed by atoms with E-state index in [0.717, 1.165) is 24.7 Å². The number of carbonyl (C=O) groups is 1. The third-order valence-corrected chi connectivity index (χ3v) is 8.86. The van der Waals surface area contributed by atoms with E-state index < -0.39 is 0 Å². The molecule has 1 aromatic rings. The molecule has 0 saturated heterocycles. The van der Waals surface area contributed by atoms with Crippen molar-refractivity contribution in [3.8, 4) is 0 Å². The van der Waals surface area contributed by atoms with Gasteiger partial charge in [-0.1, -0.05) is 68.8 Å². The third-order valence-electron chi connectivity index (χ3n) is 7.81. The van der Waals surface area contributed by atoms with Crippen LogP contribution in [0.4, 0.5) is 0 Å². The molecule has 3 atom stereocenters. The van der Waals surface area contributed by atoms with Crippen molar-refractivity contribution in [2.24, 2.45) is 29.1 Å². The fraction of sp³-hybridized carbons (Fsp3) is 0.577. The maximum Gasteiger partial charge on any atom is 0.0635 e. The zero-order valence-electron chi connectivity index (χ0n) is 19.2. The standard InChI is InChI=1S/C10H15NO.C9H13.C7H9Si.Hf/c11-9(12)10-4-6-1-7(5-10)3-8(10)2-6;1-6-5-7(2)9(4)8(6)3;1-8-7-5-3-2-4-6-7;/h6-8H,1-5H2,(H2,11,12);6H,1-4H3;2-6,8H,1H3;/q;-1;;/p-1. The number of allylic oxidation sites excluding steroid dienone is 4. The smallest absolute Gasteiger partial charge is 0.0635 e. The van der Waals surface area contributed by atoms with Crippen molar-refractivity contribution in [3.63, 3.8) is 0 Å². The summed E-state index contributed by atoms with van der Waals surface area (Å²) in [5, 5.41) is 1.49. The molecule has 4 bridgehead atoms. The minimum absolute atomic E-state index is 0. The molecule has 3 unspecified atom stereocenters. The second-order valence-corrected chi connectivity index (χ2v) is 10.8. The van der Waals surface area contributed by atoms with Crippen LogP contribution < -0.4 is 5.19 Å². The van der Waals surface area contributed by atoms with Crippen LogP contribution in [0.1, 0.15) is 59.8 Å². The van der Waals surface area contributed by atoms with E-state index in [1.54, 1.807) is 0 Å². The first-order chi connectivity index (χ1) is 13.8. The minimum Gasteiger partial charge on any atom is -0.667 e. The molecule has 0 heterocycles. The normalized spacial score (nSPS) is 32.5. The van der Waals surface area contributed by atoms with Crippen LogP contribution in [-0.2, 0) is 30.6 Å². The van der Waals surface area contributed by atoms with Crippen LogP contribution in [0.3, 0.4) is 0 Å².